The molecule has 1 aliphatic rings. The first-order valence-electron chi connectivity index (χ1n) is 8.37. The molecule has 0 bridgehead atoms. The number of nitrogens with zero attached hydrogens (tertiary/aromatic N) is 1. The Morgan fingerprint density at radius 3 is 1.81 bits per heavy atom. The minimum absolute atomic E-state index is 0. The molecular weight excluding hydrogens is 417 g/mol. The van der Waals surface area contributed by atoms with Crippen LogP contribution in [0, 0.1) is 0 Å². The summed E-state index contributed by atoms with van der Waals surface area (Å²) in [6.45, 7) is 4.50. The molecule has 2 nitrogen and oxygen atoms in total. The van der Waals surface area contributed by atoms with E-state index in [9.17, 15) is 26.3 Å². The van der Waals surface area contributed by atoms with Gasteiger partial charge in [0.05, 0.1) is 11.1 Å². The second kappa shape index (κ2) is 10.7. The fraction of sp³-hybridized carbons (Fsp3) is 0.647. The van der Waals surface area contributed by atoms with Crippen LogP contribution in [0.15, 0.2) is 18.2 Å². The van der Waals surface area contributed by atoms with Crippen molar-refractivity contribution in [3.63, 3.8) is 0 Å². The average Bonchev–Trinajstić information content (AvgIpc) is 2.54. The summed E-state index contributed by atoms with van der Waals surface area (Å²) < 4.78 is 78.6. The fourth-order valence-electron chi connectivity index (χ4n) is 3.12. The minimum atomic E-state index is -4.81. The molecule has 10 heteroatoms. The zero-order valence-corrected chi connectivity index (χ0v) is 16.4. The van der Waals surface area contributed by atoms with Gasteiger partial charge < -0.3 is 5.32 Å². The molecule has 1 atom stereocenters. The summed E-state index contributed by atoms with van der Waals surface area (Å²) in [5, 5.41) is 3.15. The van der Waals surface area contributed by atoms with E-state index in [0.717, 1.165) is 25.0 Å². The lowest BCUT2D eigenvalue weighted by atomic mass is 9.94. The van der Waals surface area contributed by atoms with Crippen LogP contribution in [0.4, 0.5) is 26.3 Å². The van der Waals surface area contributed by atoms with E-state index in [0.29, 0.717) is 32.6 Å². The van der Waals surface area contributed by atoms with E-state index in [4.69, 9.17) is 0 Å². The van der Waals surface area contributed by atoms with Crippen LogP contribution in [0.1, 0.15) is 48.9 Å². The highest BCUT2D eigenvalue weighted by atomic mass is 35.5. The Morgan fingerprint density at radius 2 is 1.41 bits per heavy atom. The molecule has 0 spiro atoms. The van der Waals surface area contributed by atoms with Crippen LogP contribution in [-0.4, -0.2) is 31.1 Å². The molecule has 1 N–H and O–H groups in total. The maximum absolute atomic E-state index is 13.1. The van der Waals surface area contributed by atoms with Gasteiger partial charge in [0.15, 0.2) is 0 Å². The number of nitrogens with one attached hydrogen (secondary N) is 1. The van der Waals surface area contributed by atoms with E-state index in [2.05, 4.69) is 5.32 Å². The number of rotatable bonds is 5. The molecular formula is C17H24Cl2F6N2. The largest absolute Gasteiger partial charge is 0.416 e. The predicted molar refractivity (Wildman–Crippen MR) is 97.7 cm³/mol. The van der Waals surface area contributed by atoms with Crippen LogP contribution >= 0.6 is 24.8 Å². The minimum Gasteiger partial charge on any atom is -0.314 e. The molecule has 1 heterocycles. The van der Waals surface area contributed by atoms with E-state index < -0.39 is 29.5 Å². The zero-order chi connectivity index (χ0) is 18.7. The van der Waals surface area contributed by atoms with E-state index in [1.54, 1.807) is 0 Å². The Labute approximate surface area is 167 Å². The Balaban J connectivity index is 0.00000338. The molecule has 1 aliphatic heterocycles. The van der Waals surface area contributed by atoms with E-state index in [1.165, 1.54) is 0 Å². The quantitative estimate of drug-likeness (QED) is 0.590. The highest BCUT2D eigenvalue weighted by molar-refractivity contribution is 5.85. The summed E-state index contributed by atoms with van der Waals surface area (Å²) in [6, 6.07) is 1.50. The number of benzene rings is 1. The smallest absolute Gasteiger partial charge is 0.314 e. The predicted octanol–water partition coefficient (Wildman–Crippen LogP) is 5.70. The topological polar surface area (TPSA) is 15.3 Å². The molecule has 0 amide bonds. The molecule has 0 radical (unpaired) electrons. The molecule has 1 fully saturated rings. The number of hydrogen-bond donors (Lipinski definition) is 1. The first-order chi connectivity index (χ1) is 11.6. The third kappa shape index (κ3) is 7.33. The van der Waals surface area contributed by atoms with Gasteiger partial charge in [-0.25, -0.2) is 0 Å². The highest BCUT2D eigenvalue weighted by Gasteiger charge is 2.38. The van der Waals surface area contributed by atoms with E-state index >= 15 is 0 Å². The van der Waals surface area contributed by atoms with E-state index in [-0.39, 0.29) is 36.4 Å². The summed E-state index contributed by atoms with van der Waals surface area (Å²) in [4.78, 5) is 1.97. The van der Waals surface area contributed by atoms with Crippen LogP contribution < -0.4 is 5.32 Å². The second-order valence-electron chi connectivity index (χ2n) is 6.28. The summed E-state index contributed by atoms with van der Waals surface area (Å²) in [6.07, 6.45) is -7.52. The molecule has 1 saturated heterocycles. The normalized spacial score (nSPS) is 17.0. The Bertz CT molecular complexity index is 539. The fourth-order valence-corrected chi connectivity index (χ4v) is 3.12. The number of alkyl halides is 6. The third-order valence-corrected chi connectivity index (χ3v) is 4.42. The van der Waals surface area contributed by atoms with Crippen LogP contribution in [-0.2, 0) is 12.4 Å². The number of hydrogen-bond acceptors (Lipinski definition) is 2. The van der Waals surface area contributed by atoms with Crippen molar-refractivity contribution in [2.24, 2.45) is 0 Å². The van der Waals surface area contributed by atoms with Crippen molar-refractivity contribution in [2.45, 2.75) is 44.6 Å². The summed E-state index contributed by atoms with van der Waals surface area (Å²) >= 11 is 0. The summed E-state index contributed by atoms with van der Waals surface area (Å²) in [5.41, 5.74) is -2.39. The van der Waals surface area contributed by atoms with Crippen molar-refractivity contribution in [2.75, 3.05) is 26.2 Å². The third-order valence-electron chi connectivity index (χ3n) is 4.42. The number of piperazine rings is 1. The molecule has 158 valence electrons. The van der Waals surface area contributed by atoms with Crippen molar-refractivity contribution < 1.29 is 26.3 Å². The molecule has 1 aromatic rings. The lowest BCUT2D eigenvalue weighted by Gasteiger charge is -2.36. The van der Waals surface area contributed by atoms with Gasteiger partial charge in [-0.15, -0.1) is 24.8 Å². The first-order valence-corrected chi connectivity index (χ1v) is 8.37. The van der Waals surface area contributed by atoms with Gasteiger partial charge in [-0.2, -0.15) is 26.3 Å². The lowest BCUT2D eigenvalue weighted by Crippen LogP contribution is -2.45. The van der Waals surface area contributed by atoms with Crippen molar-refractivity contribution in [1.29, 1.82) is 0 Å². The van der Waals surface area contributed by atoms with Gasteiger partial charge >= 0.3 is 12.4 Å². The summed E-state index contributed by atoms with van der Waals surface area (Å²) in [5.74, 6) is 0. The van der Waals surface area contributed by atoms with E-state index in [1.807, 2.05) is 11.8 Å². The Morgan fingerprint density at radius 1 is 0.926 bits per heavy atom. The van der Waals surface area contributed by atoms with Crippen LogP contribution in [0.25, 0.3) is 0 Å². The zero-order valence-electron chi connectivity index (χ0n) is 14.8. The lowest BCUT2D eigenvalue weighted by molar-refractivity contribution is -0.143. The molecule has 0 unspecified atom stereocenters. The Hall–Kier alpha value is -0.700. The second-order valence-corrected chi connectivity index (χ2v) is 6.28. The molecule has 0 aromatic heterocycles. The standard InChI is InChI=1S/C17H22F6N2.2ClH/c1-2-3-4-15(25-7-5-24-6-8-25)12-9-13(16(18,19)20)11-14(10-12)17(21,22)23;;/h9-11,15,24H,2-8H2,1H3;2*1H/t15-;;/m1../s1. The summed E-state index contributed by atoms with van der Waals surface area (Å²) in [7, 11) is 0. The van der Waals surface area contributed by atoms with Gasteiger partial charge in [0.2, 0.25) is 0 Å². The number of halogens is 8. The van der Waals surface area contributed by atoms with Crippen molar-refractivity contribution in [3.8, 4) is 0 Å². The van der Waals surface area contributed by atoms with Gasteiger partial charge in [0.25, 0.3) is 0 Å². The Kier molecular flexibility index (Phi) is 10.5. The van der Waals surface area contributed by atoms with Gasteiger partial charge in [-0.3, -0.25) is 4.90 Å². The van der Waals surface area contributed by atoms with Crippen molar-refractivity contribution >= 4 is 24.8 Å². The van der Waals surface area contributed by atoms with Crippen molar-refractivity contribution in [3.05, 3.63) is 34.9 Å². The van der Waals surface area contributed by atoms with Gasteiger partial charge in [-0.05, 0) is 30.2 Å². The molecule has 0 aliphatic carbocycles. The highest BCUT2D eigenvalue weighted by Crippen LogP contribution is 2.39. The van der Waals surface area contributed by atoms with Gasteiger partial charge in [-0.1, -0.05) is 19.8 Å². The molecule has 1 aromatic carbocycles. The van der Waals surface area contributed by atoms with Crippen LogP contribution in [0.3, 0.4) is 0 Å². The van der Waals surface area contributed by atoms with Gasteiger partial charge in [0.1, 0.15) is 0 Å². The first kappa shape index (κ1) is 26.3. The molecule has 0 saturated carbocycles. The molecule has 27 heavy (non-hydrogen) atoms. The van der Waals surface area contributed by atoms with Crippen LogP contribution in [0.2, 0.25) is 0 Å². The van der Waals surface area contributed by atoms with Gasteiger partial charge in [0, 0.05) is 32.2 Å². The number of unbranched alkanes of at least 4 members (excludes halogenated alkanes) is 1. The SMILES string of the molecule is CCCC[C@H](c1cc(C(F)(F)F)cc(C(F)(F)F)c1)N1CCNCC1.Cl.Cl. The maximum atomic E-state index is 13.1. The monoisotopic (exact) mass is 440 g/mol. The maximum Gasteiger partial charge on any atom is 0.416 e. The molecule has 2 rings (SSSR count). The van der Waals surface area contributed by atoms with Crippen molar-refractivity contribution in [1.82, 2.24) is 10.2 Å². The average molecular weight is 441 g/mol. The van der Waals surface area contributed by atoms with Crippen LogP contribution in [0.5, 0.6) is 0 Å².